The summed E-state index contributed by atoms with van der Waals surface area (Å²) in [6.07, 6.45) is 0. The summed E-state index contributed by atoms with van der Waals surface area (Å²) in [5.41, 5.74) is 2.97. The van der Waals surface area contributed by atoms with Gasteiger partial charge >= 0.3 is 0 Å². The lowest BCUT2D eigenvalue weighted by molar-refractivity contribution is -0.00966. The molecule has 0 amide bonds. The Kier molecular flexibility index (Phi) is 6.92. The van der Waals surface area contributed by atoms with Gasteiger partial charge in [-0.15, -0.1) is 0 Å². The van der Waals surface area contributed by atoms with Crippen LogP contribution in [-0.2, 0) is 11.3 Å². The second kappa shape index (κ2) is 9.18. The highest BCUT2D eigenvalue weighted by molar-refractivity contribution is 5.54. The van der Waals surface area contributed by atoms with Crippen molar-refractivity contribution in [2.75, 3.05) is 70.5 Å². The fourth-order valence-corrected chi connectivity index (χ4v) is 4.06. The molecule has 5 heteroatoms. The summed E-state index contributed by atoms with van der Waals surface area (Å²) >= 11 is 0. The zero-order chi connectivity index (χ0) is 18.4. The van der Waals surface area contributed by atoms with Crippen molar-refractivity contribution in [1.29, 1.82) is 0 Å². The summed E-state index contributed by atoms with van der Waals surface area (Å²) in [5.74, 6) is 0. The first-order chi connectivity index (χ1) is 12.6. The minimum absolute atomic E-state index is 0.158. The van der Waals surface area contributed by atoms with E-state index in [4.69, 9.17) is 4.74 Å². The van der Waals surface area contributed by atoms with Gasteiger partial charge in [0.25, 0.3) is 0 Å². The van der Waals surface area contributed by atoms with E-state index in [1.54, 1.807) is 0 Å². The summed E-state index contributed by atoms with van der Waals surface area (Å²) in [5, 5.41) is 3.72. The molecular formula is C21H36N4O. The van der Waals surface area contributed by atoms with Crippen LogP contribution in [0.3, 0.4) is 0 Å². The van der Waals surface area contributed by atoms with Crippen LogP contribution in [-0.4, -0.2) is 80.9 Å². The monoisotopic (exact) mass is 360 g/mol. The Labute approximate surface area is 159 Å². The Bertz CT molecular complexity index is 549. The highest BCUT2D eigenvalue weighted by Gasteiger charge is 2.27. The predicted octanol–water partition coefficient (Wildman–Crippen LogP) is 2.03. The number of hydrogen-bond donors (Lipinski definition) is 1. The number of ether oxygens (including phenoxy) is 1. The topological polar surface area (TPSA) is 31.0 Å². The number of likely N-dealkylation sites (N-methyl/N-ethyl adjacent to an activating group) is 1. The van der Waals surface area contributed by atoms with Crippen LogP contribution in [0.1, 0.15) is 26.3 Å². The zero-order valence-electron chi connectivity index (χ0n) is 16.8. The molecule has 0 bridgehead atoms. The van der Waals surface area contributed by atoms with Crippen LogP contribution in [0, 0.1) is 0 Å². The van der Waals surface area contributed by atoms with Gasteiger partial charge in [0.15, 0.2) is 0 Å². The van der Waals surface area contributed by atoms with Crippen LogP contribution in [0.5, 0.6) is 0 Å². The predicted molar refractivity (Wildman–Crippen MR) is 109 cm³/mol. The highest BCUT2D eigenvalue weighted by atomic mass is 16.5. The fourth-order valence-electron chi connectivity index (χ4n) is 4.06. The molecule has 146 valence electrons. The molecule has 5 nitrogen and oxygen atoms in total. The Hall–Kier alpha value is -1.14. The Morgan fingerprint density at radius 1 is 1.00 bits per heavy atom. The Morgan fingerprint density at radius 3 is 2.38 bits per heavy atom. The fraction of sp³-hybridized carbons (Fsp3) is 0.714. The molecule has 2 fully saturated rings. The summed E-state index contributed by atoms with van der Waals surface area (Å²) in [7, 11) is 0. The highest BCUT2D eigenvalue weighted by Crippen LogP contribution is 2.22. The second-order valence-electron chi connectivity index (χ2n) is 8.07. The minimum atomic E-state index is 0.158. The van der Waals surface area contributed by atoms with Gasteiger partial charge < -0.3 is 19.9 Å². The number of rotatable bonds is 7. The molecule has 0 unspecified atom stereocenters. The maximum Gasteiger partial charge on any atom is 0.0594 e. The van der Waals surface area contributed by atoms with Gasteiger partial charge in [-0.25, -0.2) is 0 Å². The quantitative estimate of drug-likeness (QED) is 0.804. The number of nitrogens with one attached hydrogen (secondary N) is 1. The first-order valence-corrected chi connectivity index (χ1v) is 10.2. The summed E-state index contributed by atoms with van der Waals surface area (Å²) in [4.78, 5) is 7.62. The molecule has 0 saturated carbocycles. The number of piperazine rings is 1. The standard InChI is InChI=1S/C21H36N4O/c1-4-23-9-11-24(12-10-23)20-8-6-5-7-19(20)17-22-18-21(2,3)25-13-15-26-16-14-25/h5-8,22H,4,9-18H2,1-3H3. The Morgan fingerprint density at radius 2 is 1.69 bits per heavy atom. The lowest BCUT2D eigenvalue weighted by Gasteiger charge is -2.41. The molecule has 2 aliphatic heterocycles. The van der Waals surface area contributed by atoms with Gasteiger partial charge in [0.1, 0.15) is 0 Å². The van der Waals surface area contributed by atoms with E-state index in [1.165, 1.54) is 24.3 Å². The smallest absolute Gasteiger partial charge is 0.0594 e. The molecule has 0 spiro atoms. The van der Waals surface area contributed by atoms with Crippen LogP contribution < -0.4 is 10.2 Å². The number of morpholine rings is 1. The first kappa shape index (κ1) is 19.6. The lowest BCUT2D eigenvalue weighted by atomic mass is 10.0. The third kappa shape index (κ3) is 4.97. The van der Waals surface area contributed by atoms with Crippen LogP contribution >= 0.6 is 0 Å². The van der Waals surface area contributed by atoms with Gasteiger partial charge in [-0.2, -0.15) is 0 Å². The number of benzene rings is 1. The molecule has 2 aliphatic rings. The van der Waals surface area contributed by atoms with Crippen molar-refractivity contribution in [3.63, 3.8) is 0 Å². The van der Waals surface area contributed by atoms with E-state index in [1.807, 2.05) is 0 Å². The third-order valence-corrected chi connectivity index (χ3v) is 5.89. The summed E-state index contributed by atoms with van der Waals surface area (Å²) < 4.78 is 5.50. The molecule has 0 atom stereocenters. The minimum Gasteiger partial charge on any atom is -0.379 e. The van der Waals surface area contributed by atoms with E-state index in [0.717, 1.165) is 59.0 Å². The Balaban J connectivity index is 1.55. The molecule has 0 radical (unpaired) electrons. The van der Waals surface area contributed by atoms with E-state index in [0.29, 0.717) is 0 Å². The average molecular weight is 361 g/mol. The number of hydrogen-bond acceptors (Lipinski definition) is 5. The number of nitrogens with zero attached hydrogens (tertiary/aromatic N) is 3. The summed E-state index contributed by atoms with van der Waals surface area (Å²) in [6.45, 7) is 18.4. The van der Waals surface area contributed by atoms with E-state index in [-0.39, 0.29) is 5.54 Å². The van der Waals surface area contributed by atoms with Crippen molar-refractivity contribution in [1.82, 2.24) is 15.1 Å². The van der Waals surface area contributed by atoms with Gasteiger partial charge in [0.05, 0.1) is 13.2 Å². The van der Waals surface area contributed by atoms with Gasteiger partial charge in [-0.1, -0.05) is 25.1 Å². The van der Waals surface area contributed by atoms with Crippen molar-refractivity contribution in [2.24, 2.45) is 0 Å². The van der Waals surface area contributed by atoms with Crippen LogP contribution in [0.15, 0.2) is 24.3 Å². The van der Waals surface area contributed by atoms with Gasteiger partial charge in [0, 0.05) is 63.6 Å². The first-order valence-electron chi connectivity index (χ1n) is 10.2. The molecule has 0 aromatic heterocycles. The number of anilines is 1. The lowest BCUT2D eigenvalue weighted by Crippen LogP contribution is -2.54. The zero-order valence-corrected chi connectivity index (χ0v) is 16.8. The van der Waals surface area contributed by atoms with E-state index >= 15 is 0 Å². The molecule has 1 aromatic rings. The van der Waals surface area contributed by atoms with Crippen molar-refractivity contribution >= 4 is 5.69 Å². The maximum absolute atomic E-state index is 5.50. The van der Waals surface area contributed by atoms with E-state index in [2.05, 4.69) is 65.1 Å². The molecule has 3 rings (SSSR count). The molecule has 2 saturated heterocycles. The molecule has 1 aromatic carbocycles. The van der Waals surface area contributed by atoms with E-state index < -0.39 is 0 Å². The second-order valence-corrected chi connectivity index (χ2v) is 8.07. The van der Waals surface area contributed by atoms with Crippen molar-refractivity contribution in [3.05, 3.63) is 29.8 Å². The van der Waals surface area contributed by atoms with Gasteiger partial charge in [-0.3, -0.25) is 4.90 Å². The summed E-state index contributed by atoms with van der Waals surface area (Å²) in [6, 6.07) is 8.89. The normalized spacial score (nSPS) is 20.5. The largest absolute Gasteiger partial charge is 0.379 e. The van der Waals surface area contributed by atoms with Crippen LogP contribution in [0.25, 0.3) is 0 Å². The SMILES string of the molecule is CCN1CCN(c2ccccc2CNCC(C)(C)N2CCOCC2)CC1. The van der Waals surface area contributed by atoms with Gasteiger partial charge in [-0.05, 0) is 32.0 Å². The van der Waals surface area contributed by atoms with E-state index in [9.17, 15) is 0 Å². The molecule has 1 N–H and O–H groups in total. The molecule has 26 heavy (non-hydrogen) atoms. The maximum atomic E-state index is 5.50. The third-order valence-electron chi connectivity index (χ3n) is 5.89. The van der Waals surface area contributed by atoms with Gasteiger partial charge in [0.2, 0.25) is 0 Å². The van der Waals surface area contributed by atoms with Crippen LogP contribution in [0.4, 0.5) is 5.69 Å². The molecular weight excluding hydrogens is 324 g/mol. The molecule has 2 heterocycles. The average Bonchev–Trinajstić information content (AvgIpc) is 2.69. The van der Waals surface area contributed by atoms with Crippen molar-refractivity contribution in [3.8, 4) is 0 Å². The van der Waals surface area contributed by atoms with Crippen molar-refractivity contribution in [2.45, 2.75) is 32.9 Å². The molecule has 0 aliphatic carbocycles. The number of para-hydroxylation sites is 1. The van der Waals surface area contributed by atoms with Crippen LogP contribution in [0.2, 0.25) is 0 Å². The van der Waals surface area contributed by atoms with Crippen molar-refractivity contribution < 1.29 is 4.74 Å².